The number of hydrogen-bond donors (Lipinski definition) is 0. The molecule has 0 bridgehead atoms. The number of nitrogens with zero attached hydrogens (tertiary/aromatic N) is 2. The summed E-state index contributed by atoms with van der Waals surface area (Å²) in [6, 6.07) is 1.96. The number of aromatic nitrogens is 2. The Hall–Kier alpha value is -1.64. The maximum absolute atomic E-state index is 5.27. The summed E-state index contributed by atoms with van der Waals surface area (Å²) < 4.78 is 5.27. The molecule has 2 aromatic rings. The van der Waals surface area contributed by atoms with E-state index >= 15 is 0 Å². The Morgan fingerprint density at radius 1 is 1.21 bits per heavy atom. The van der Waals surface area contributed by atoms with Crippen molar-refractivity contribution in [2.45, 2.75) is 20.8 Å². The average Bonchev–Trinajstić information content (AvgIpc) is 2.49. The van der Waals surface area contributed by atoms with Gasteiger partial charge < -0.3 is 4.52 Å². The molecule has 2 heterocycles. The second-order valence-corrected chi connectivity index (χ2v) is 3.41. The van der Waals surface area contributed by atoms with Crippen LogP contribution in [0.1, 0.15) is 16.8 Å². The summed E-state index contributed by atoms with van der Waals surface area (Å²) in [5.74, 6) is 0.827. The zero-order chi connectivity index (χ0) is 10.1. The fourth-order valence-electron chi connectivity index (χ4n) is 1.37. The van der Waals surface area contributed by atoms with Crippen LogP contribution in [0.2, 0.25) is 0 Å². The van der Waals surface area contributed by atoms with Gasteiger partial charge in [0.05, 0.1) is 5.69 Å². The number of hydrogen-bond acceptors (Lipinski definition) is 3. The first-order valence-electron chi connectivity index (χ1n) is 4.54. The molecule has 0 aliphatic rings. The van der Waals surface area contributed by atoms with Gasteiger partial charge in [0.1, 0.15) is 0 Å². The third-order valence-corrected chi connectivity index (χ3v) is 2.44. The van der Waals surface area contributed by atoms with Crippen LogP contribution in [0.3, 0.4) is 0 Å². The molecule has 3 heteroatoms. The van der Waals surface area contributed by atoms with E-state index in [0.717, 1.165) is 28.1 Å². The van der Waals surface area contributed by atoms with Crippen LogP contribution in [-0.4, -0.2) is 10.1 Å². The minimum atomic E-state index is 0.827. The van der Waals surface area contributed by atoms with Crippen LogP contribution in [0.4, 0.5) is 0 Å². The number of rotatable bonds is 1. The van der Waals surface area contributed by atoms with Crippen LogP contribution in [-0.2, 0) is 0 Å². The van der Waals surface area contributed by atoms with E-state index in [1.807, 2.05) is 33.0 Å². The summed E-state index contributed by atoms with van der Waals surface area (Å²) >= 11 is 0. The second-order valence-electron chi connectivity index (χ2n) is 3.41. The highest BCUT2D eigenvalue weighted by molar-refractivity contribution is 5.64. The van der Waals surface area contributed by atoms with Gasteiger partial charge in [0.2, 0.25) is 0 Å². The van der Waals surface area contributed by atoms with Gasteiger partial charge in [0.25, 0.3) is 0 Å². The smallest absolute Gasteiger partial charge is 0.171 e. The van der Waals surface area contributed by atoms with Gasteiger partial charge in [-0.1, -0.05) is 5.16 Å². The van der Waals surface area contributed by atoms with Gasteiger partial charge in [0, 0.05) is 23.5 Å². The summed E-state index contributed by atoms with van der Waals surface area (Å²) in [5.41, 5.74) is 4.19. The molecular formula is C11H12N2O. The molecule has 0 atom stereocenters. The van der Waals surface area contributed by atoms with E-state index in [-0.39, 0.29) is 0 Å². The van der Waals surface area contributed by atoms with Gasteiger partial charge >= 0.3 is 0 Å². The normalized spacial score (nSPS) is 10.5. The van der Waals surface area contributed by atoms with Crippen molar-refractivity contribution in [1.82, 2.24) is 10.1 Å². The highest BCUT2D eigenvalue weighted by atomic mass is 16.5. The maximum atomic E-state index is 5.27. The SMILES string of the molecule is Cc1ccncc1-c1onc(C)c1C. The molecule has 0 aliphatic carbocycles. The van der Waals surface area contributed by atoms with Crippen molar-refractivity contribution in [2.75, 3.05) is 0 Å². The highest BCUT2D eigenvalue weighted by Crippen LogP contribution is 2.26. The third-order valence-electron chi connectivity index (χ3n) is 2.44. The molecule has 2 rings (SSSR count). The first kappa shape index (κ1) is 8.94. The van der Waals surface area contributed by atoms with Crippen molar-refractivity contribution in [3.05, 3.63) is 35.3 Å². The summed E-state index contributed by atoms with van der Waals surface area (Å²) in [6.07, 6.45) is 3.58. The Bertz CT molecular complexity index is 460. The molecule has 0 radical (unpaired) electrons. The minimum Gasteiger partial charge on any atom is -0.356 e. The molecule has 72 valence electrons. The van der Waals surface area contributed by atoms with Crippen LogP contribution in [0.5, 0.6) is 0 Å². The molecule has 0 amide bonds. The van der Waals surface area contributed by atoms with E-state index in [9.17, 15) is 0 Å². The maximum Gasteiger partial charge on any atom is 0.171 e. The molecule has 14 heavy (non-hydrogen) atoms. The Morgan fingerprint density at radius 3 is 2.57 bits per heavy atom. The zero-order valence-electron chi connectivity index (χ0n) is 8.53. The van der Waals surface area contributed by atoms with Crippen LogP contribution in [0.15, 0.2) is 23.0 Å². The lowest BCUT2D eigenvalue weighted by molar-refractivity contribution is 0.426. The van der Waals surface area contributed by atoms with E-state index in [4.69, 9.17) is 4.52 Å². The second kappa shape index (κ2) is 3.25. The Kier molecular flexibility index (Phi) is 2.08. The van der Waals surface area contributed by atoms with Gasteiger partial charge in [-0.2, -0.15) is 0 Å². The lowest BCUT2D eigenvalue weighted by atomic mass is 10.1. The van der Waals surface area contributed by atoms with Crippen molar-refractivity contribution in [2.24, 2.45) is 0 Å². The minimum absolute atomic E-state index is 0.827. The molecule has 0 spiro atoms. The molecule has 0 N–H and O–H groups in total. The molecule has 3 nitrogen and oxygen atoms in total. The summed E-state index contributed by atoms with van der Waals surface area (Å²) in [6.45, 7) is 5.98. The van der Waals surface area contributed by atoms with Crippen molar-refractivity contribution >= 4 is 0 Å². The highest BCUT2D eigenvalue weighted by Gasteiger charge is 2.12. The Balaban J connectivity index is 2.60. The summed E-state index contributed by atoms with van der Waals surface area (Å²) in [4.78, 5) is 4.08. The van der Waals surface area contributed by atoms with E-state index in [1.54, 1.807) is 6.20 Å². The largest absolute Gasteiger partial charge is 0.356 e. The van der Waals surface area contributed by atoms with Gasteiger partial charge in [-0.25, -0.2) is 0 Å². The van der Waals surface area contributed by atoms with Gasteiger partial charge in [-0.05, 0) is 32.4 Å². The van der Waals surface area contributed by atoms with Crippen LogP contribution >= 0.6 is 0 Å². The number of aryl methyl sites for hydroxylation is 2. The number of pyridine rings is 1. The van der Waals surface area contributed by atoms with Crippen LogP contribution < -0.4 is 0 Å². The monoisotopic (exact) mass is 188 g/mol. The average molecular weight is 188 g/mol. The van der Waals surface area contributed by atoms with E-state index in [0.29, 0.717) is 0 Å². The molecule has 0 saturated heterocycles. The lowest BCUT2D eigenvalue weighted by Gasteiger charge is -2.00. The molecule has 2 aromatic heterocycles. The van der Waals surface area contributed by atoms with Gasteiger partial charge in [0.15, 0.2) is 5.76 Å². The first-order valence-corrected chi connectivity index (χ1v) is 4.54. The fourth-order valence-corrected chi connectivity index (χ4v) is 1.37. The van der Waals surface area contributed by atoms with Crippen LogP contribution in [0, 0.1) is 20.8 Å². The van der Waals surface area contributed by atoms with Crippen molar-refractivity contribution < 1.29 is 4.52 Å². The van der Waals surface area contributed by atoms with Crippen molar-refractivity contribution in [1.29, 1.82) is 0 Å². The van der Waals surface area contributed by atoms with E-state index < -0.39 is 0 Å². The first-order chi connectivity index (χ1) is 6.70. The Labute approximate surface area is 82.8 Å². The third kappa shape index (κ3) is 1.31. The van der Waals surface area contributed by atoms with Gasteiger partial charge in [-0.3, -0.25) is 4.98 Å². The topological polar surface area (TPSA) is 38.9 Å². The standard InChI is InChI=1S/C11H12N2O/c1-7-4-5-12-6-10(7)11-8(2)9(3)13-14-11/h4-6H,1-3H3. The molecule has 0 aliphatic heterocycles. The summed E-state index contributed by atoms with van der Waals surface area (Å²) in [5, 5.41) is 3.93. The lowest BCUT2D eigenvalue weighted by Crippen LogP contribution is -1.85. The molecule has 0 fully saturated rings. The van der Waals surface area contributed by atoms with E-state index in [2.05, 4.69) is 10.1 Å². The fraction of sp³-hybridized carbons (Fsp3) is 0.273. The van der Waals surface area contributed by atoms with E-state index in [1.165, 1.54) is 0 Å². The van der Waals surface area contributed by atoms with Crippen molar-refractivity contribution in [3.8, 4) is 11.3 Å². The summed E-state index contributed by atoms with van der Waals surface area (Å²) in [7, 11) is 0. The zero-order valence-corrected chi connectivity index (χ0v) is 8.53. The molecular weight excluding hydrogens is 176 g/mol. The molecule has 0 aromatic carbocycles. The van der Waals surface area contributed by atoms with Crippen molar-refractivity contribution in [3.63, 3.8) is 0 Å². The quantitative estimate of drug-likeness (QED) is 0.690. The predicted octanol–water partition coefficient (Wildman–Crippen LogP) is 2.66. The molecule has 0 saturated carbocycles. The van der Waals surface area contributed by atoms with Crippen LogP contribution in [0.25, 0.3) is 11.3 Å². The molecule has 0 unspecified atom stereocenters. The Morgan fingerprint density at radius 2 is 2.00 bits per heavy atom. The predicted molar refractivity (Wildman–Crippen MR) is 53.9 cm³/mol. The van der Waals surface area contributed by atoms with Gasteiger partial charge in [-0.15, -0.1) is 0 Å².